The fraction of sp³-hybridized carbons (Fsp3) is 0.115. The SMILES string of the molecule is C=C(N=C(/C=C(\C)c1ccccc1)C1=CC=C(C/C=C\c2c(C)c3ccccc3n2-c2ccc(-c3ccc4c5c(n(-c6ccccc6)c4c3)C=C=C5)cc2)CC1)c1ccccc1.CC. The summed E-state index contributed by atoms with van der Waals surface area (Å²) in [4.78, 5) is 5.12. The minimum Gasteiger partial charge on any atom is -0.310 e. The zero-order valence-corrected chi connectivity index (χ0v) is 37.2. The molecule has 2 aliphatic rings. The fourth-order valence-electron chi connectivity index (χ4n) is 8.98. The molecule has 6 aromatic carbocycles. The maximum absolute atomic E-state index is 5.12. The van der Waals surface area contributed by atoms with Gasteiger partial charge in [-0.1, -0.05) is 166 Å². The summed E-state index contributed by atoms with van der Waals surface area (Å²) in [5.74, 6) is 0. The lowest BCUT2D eigenvalue weighted by atomic mass is 9.92. The predicted octanol–water partition coefficient (Wildman–Crippen LogP) is 16.5. The highest BCUT2D eigenvalue weighted by Gasteiger charge is 2.19. The molecule has 0 radical (unpaired) electrons. The van der Waals surface area contributed by atoms with Crippen molar-refractivity contribution in [1.82, 2.24) is 9.13 Å². The Balaban J connectivity index is 0.00000256. The van der Waals surface area contributed by atoms with Gasteiger partial charge in [0.2, 0.25) is 0 Å². The van der Waals surface area contributed by atoms with Gasteiger partial charge in [0.1, 0.15) is 0 Å². The molecule has 8 aromatic rings. The van der Waals surface area contributed by atoms with E-state index >= 15 is 0 Å². The molecule has 3 nitrogen and oxygen atoms in total. The molecule has 2 heterocycles. The lowest BCUT2D eigenvalue weighted by Crippen LogP contribution is -2.05. The summed E-state index contributed by atoms with van der Waals surface area (Å²) in [5, 5.41) is 2.51. The van der Waals surface area contributed by atoms with Crippen LogP contribution in [0.4, 0.5) is 0 Å². The van der Waals surface area contributed by atoms with Gasteiger partial charge in [0.25, 0.3) is 0 Å². The van der Waals surface area contributed by atoms with Crippen LogP contribution in [-0.2, 0) is 0 Å². The summed E-state index contributed by atoms with van der Waals surface area (Å²) in [5.41, 5.74) is 23.1. The highest BCUT2D eigenvalue weighted by atomic mass is 15.0. The smallest absolute Gasteiger partial charge is 0.0671 e. The van der Waals surface area contributed by atoms with Crippen LogP contribution >= 0.6 is 0 Å². The van der Waals surface area contributed by atoms with Crippen molar-refractivity contribution in [2.24, 2.45) is 4.99 Å². The van der Waals surface area contributed by atoms with Gasteiger partial charge in [-0.2, -0.15) is 0 Å². The maximum atomic E-state index is 5.12. The molecule has 0 spiro atoms. The number of benzene rings is 6. The summed E-state index contributed by atoms with van der Waals surface area (Å²) in [6.45, 7) is 12.8. The van der Waals surface area contributed by atoms with E-state index in [0.29, 0.717) is 0 Å². The van der Waals surface area contributed by atoms with Gasteiger partial charge in [-0.15, -0.1) is 5.73 Å². The second-order valence-electron chi connectivity index (χ2n) is 16.2. The van der Waals surface area contributed by atoms with E-state index in [1.165, 1.54) is 77.7 Å². The molecule has 0 fully saturated rings. The standard InChI is InChI=1S/C59H47N3.C2H6/c1-41(45-18-7-4-8-19-45)39-55(60-43(3)46-20-9-5-10-21-46)48-31-29-44(30-32-48)17-15-27-56-42(2)52-24-13-14-26-57(52)61(56)51-36-33-47(34-37-51)49-35-38-54-53-25-16-28-58(53)62(59(54)40-49)50-22-11-6-12-23-50;1-2/h4-15,18-29,31,33-40H,3,17,30,32H2,1-2H3;1-2H3/b27-15-,41-39+,60-55?;. The average molecular weight is 828 g/mol. The van der Waals surface area contributed by atoms with E-state index in [0.717, 1.165) is 47.6 Å². The average Bonchev–Trinajstić information content (AvgIpc) is 4.04. The maximum Gasteiger partial charge on any atom is 0.0671 e. The van der Waals surface area contributed by atoms with Crippen molar-refractivity contribution in [3.8, 4) is 22.5 Å². The van der Waals surface area contributed by atoms with E-state index in [-0.39, 0.29) is 0 Å². The second kappa shape index (κ2) is 18.7. The first-order chi connectivity index (χ1) is 31.5. The van der Waals surface area contributed by atoms with E-state index in [9.17, 15) is 0 Å². The third-order valence-corrected chi connectivity index (χ3v) is 12.3. The number of hydrogen-bond acceptors (Lipinski definition) is 1. The number of hydrogen-bond donors (Lipinski definition) is 0. The zero-order chi connectivity index (χ0) is 44.0. The van der Waals surface area contributed by atoms with E-state index in [2.05, 4.69) is 217 Å². The third-order valence-electron chi connectivity index (χ3n) is 12.3. The van der Waals surface area contributed by atoms with Crippen LogP contribution in [0.15, 0.2) is 210 Å². The highest BCUT2D eigenvalue weighted by Crippen LogP contribution is 2.37. The normalized spacial score (nSPS) is 13.6. The van der Waals surface area contributed by atoms with Crippen LogP contribution in [0.3, 0.4) is 0 Å². The number of aryl methyl sites for hydroxylation is 1. The third kappa shape index (κ3) is 8.30. The number of aliphatic imine (C=N–C) groups is 1. The van der Waals surface area contributed by atoms with Crippen molar-refractivity contribution >= 4 is 57.0 Å². The van der Waals surface area contributed by atoms with Crippen molar-refractivity contribution < 1.29 is 0 Å². The Bertz CT molecular complexity index is 3230. The zero-order valence-electron chi connectivity index (χ0n) is 37.2. The lowest BCUT2D eigenvalue weighted by Gasteiger charge is -2.16. The molecule has 0 N–H and O–H groups in total. The van der Waals surface area contributed by atoms with Gasteiger partial charge in [-0.25, -0.2) is 4.99 Å². The van der Waals surface area contributed by atoms with Gasteiger partial charge < -0.3 is 9.13 Å². The molecule has 0 aliphatic heterocycles. The summed E-state index contributed by atoms with van der Waals surface area (Å²) >= 11 is 0. The molecule has 0 saturated heterocycles. The monoisotopic (exact) mass is 827 g/mol. The number of allylic oxidation sites excluding steroid dienone is 7. The van der Waals surface area contributed by atoms with Crippen molar-refractivity contribution in [3.63, 3.8) is 0 Å². The minimum atomic E-state index is 0.770. The summed E-state index contributed by atoms with van der Waals surface area (Å²) in [6.07, 6.45) is 18.4. The van der Waals surface area contributed by atoms with Gasteiger partial charge in [0, 0.05) is 39.5 Å². The van der Waals surface area contributed by atoms with Gasteiger partial charge in [0.15, 0.2) is 0 Å². The van der Waals surface area contributed by atoms with Crippen LogP contribution in [-0.4, -0.2) is 14.8 Å². The quantitative estimate of drug-likeness (QED) is 0.0915. The minimum absolute atomic E-state index is 0.770. The first-order valence-electron chi connectivity index (χ1n) is 22.5. The van der Waals surface area contributed by atoms with Gasteiger partial charge >= 0.3 is 0 Å². The molecule has 3 heteroatoms. The topological polar surface area (TPSA) is 22.2 Å². The Hall–Kier alpha value is -7.71. The Labute approximate surface area is 378 Å². The summed E-state index contributed by atoms with van der Waals surface area (Å²) in [6, 6.07) is 56.0. The van der Waals surface area contributed by atoms with Gasteiger partial charge in [0.05, 0.1) is 28.1 Å². The first kappa shape index (κ1) is 41.6. The second-order valence-corrected chi connectivity index (χ2v) is 16.2. The number of para-hydroxylation sites is 2. The molecule has 0 atom stereocenters. The molecule has 0 amide bonds. The molecule has 10 rings (SSSR count). The van der Waals surface area contributed by atoms with Crippen molar-refractivity contribution in [3.05, 3.63) is 239 Å². The predicted molar refractivity (Wildman–Crippen MR) is 276 cm³/mol. The Morgan fingerprint density at radius 2 is 1.31 bits per heavy atom. The number of aromatic nitrogens is 2. The molecule has 2 aromatic heterocycles. The molecule has 0 bridgehead atoms. The van der Waals surface area contributed by atoms with Crippen LogP contribution in [0.25, 0.3) is 73.8 Å². The largest absolute Gasteiger partial charge is 0.310 e. The van der Waals surface area contributed by atoms with Gasteiger partial charge in [-0.05, 0) is 127 Å². The van der Waals surface area contributed by atoms with Crippen LogP contribution in [0, 0.1) is 6.92 Å². The molecule has 0 saturated carbocycles. The number of rotatable bonds is 11. The van der Waals surface area contributed by atoms with Crippen LogP contribution in [0.5, 0.6) is 0 Å². The van der Waals surface area contributed by atoms with Crippen molar-refractivity contribution in [2.45, 2.75) is 47.0 Å². The fourth-order valence-corrected chi connectivity index (χ4v) is 8.98. The Morgan fingerprint density at radius 3 is 2.03 bits per heavy atom. The van der Waals surface area contributed by atoms with Crippen molar-refractivity contribution in [2.75, 3.05) is 0 Å². The van der Waals surface area contributed by atoms with Crippen LogP contribution in [0.1, 0.15) is 73.7 Å². The number of fused-ring (bicyclic) bond motifs is 4. The summed E-state index contributed by atoms with van der Waals surface area (Å²) < 4.78 is 4.77. The Kier molecular flexibility index (Phi) is 12.2. The van der Waals surface area contributed by atoms with Crippen LogP contribution < -0.4 is 0 Å². The van der Waals surface area contributed by atoms with E-state index < -0.39 is 0 Å². The van der Waals surface area contributed by atoms with Crippen LogP contribution in [0.2, 0.25) is 0 Å². The summed E-state index contributed by atoms with van der Waals surface area (Å²) in [7, 11) is 0. The highest BCUT2D eigenvalue weighted by molar-refractivity contribution is 6.14. The van der Waals surface area contributed by atoms with E-state index in [1.807, 2.05) is 32.0 Å². The molecular weight excluding hydrogens is 775 g/mol. The molecular formula is C61H53N3. The lowest BCUT2D eigenvalue weighted by molar-refractivity contribution is 0.906. The molecule has 0 unspecified atom stereocenters. The first-order valence-corrected chi connectivity index (χ1v) is 22.5. The molecule has 64 heavy (non-hydrogen) atoms. The van der Waals surface area contributed by atoms with Crippen molar-refractivity contribution in [1.29, 1.82) is 0 Å². The van der Waals surface area contributed by atoms with Gasteiger partial charge in [-0.3, -0.25) is 0 Å². The molecule has 312 valence electrons. The Morgan fingerprint density at radius 1 is 0.656 bits per heavy atom. The molecule has 2 aliphatic carbocycles. The number of nitrogens with zero attached hydrogens (tertiary/aromatic N) is 3. The van der Waals surface area contributed by atoms with E-state index in [1.54, 1.807) is 0 Å². The van der Waals surface area contributed by atoms with E-state index in [4.69, 9.17) is 4.99 Å².